The molecule has 0 aliphatic carbocycles. The van der Waals surface area contributed by atoms with Gasteiger partial charge in [0.05, 0.1) is 11.2 Å². The number of hydrogen-bond donors (Lipinski definition) is 4. The predicted molar refractivity (Wildman–Crippen MR) is 116 cm³/mol. The van der Waals surface area contributed by atoms with Crippen LogP contribution in [0, 0.1) is 0 Å². The molecule has 2 rings (SSSR count). The number of benzene rings is 2. The zero-order valence-electron chi connectivity index (χ0n) is 16.8. The smallest absolute Gasteiger partial charge is 0.319 e. The molecule has 0 bridgehead atoms. The molecule has 11 heteroatoms. The summed E-state index contributed by atoms with van der Waals surface area (Å²) in [5.74, 6) is 0. The highest BCUT2D eigenvalue weighted by atomic mass is 32.2. The number of hydrogen-bond acceptors (Lipinski definition) is 5. The minimum atomic E-state index is -4.52. The number of carbonyl (C=O) groups is 1. The lowest BCUT2D eigenvalue weighted by atomic mass is 9.92. The Labute approximate surface area is 176 Å². The van der Waals surface area contributed by atoms with Crippen molar-refractivity contribution in [1.29, 1.82) is 0 Å². The molecule has 0 aliphatic rings. The van der Waals surface area contributed by atoms with Crippen molar-refractivity contribution < 1.29 is 21.6 Å². The highest BCUT2D eigenvalue weighted by Gasteiger charge is 2.28. The van der Waals surface area contributed by atoms with Crippen LogP contribution in [-0.4, -0.2) is 22.9 Å². The van der Waals surface area contributed by atoms with Gasteiger partial charge >= 0.3 is 6.03 Å². The first kappa shape index (κ1) is 23.5. The van der Waals surface area contributed by atoms with E-state index in [2.05, 4.69) is 17.2 Å². The maximum atomic E-state index is 12.6. The molecule has 2 aromatic rings. The first-order chi connectivity index (χ1) is 13.6. The van der Waals surface area contributed by atoms with Gasteiger partial charge in [-0.05, 0) is 50.1 Å². The predicted octanol–water partition coefficient (Wildman–Crippen LogP) is 2.07. The molecule has 0 heterocycles. The van der Waals surface area contributed by atoms with Crippen molar-refractivity contribution in [3.8, 4) is 0 Å². The molecule has 2 aromatic carbocycles. The van der Waals surface area contributed by atoms with E-state index in [-0.39, 0.29) is 5.69 Å². The summed E-state index contributed by atoms with van der Waals surface area (Å²) in [6.45, 7) is 9.27. The number of urea groups is 1. The number of rotatable bonds is 6. The van der Waals surface area contributed by atoms with Gasteiger partial charge in [-0.3, -0.25) is 0 Å². The van der Waals surface area contributed by atoms with Crippen LogP contribution in [0.4, 0.5) is 10.5 Å². The van der Waals surface area contributed by atoms with E-state index in [0.717, 1.165) is 22.8 Å². The van der Waals surface area contributed by atoms with Crippen molar-refractivity contribution in [1.82, 2.24) is 5.32 Å². The van der Waals surface area contributed by atoms with Crippen LogP contribution in [0.5, 0.6) is 0 Å². The van der Waals surface area contributed by atoms with E-state index in [9.17, 15) is 21.6 Å². The minimum absolute atomic E-state index is 0.312. The Morgan fingerprint density at radius 1 is 1.00 bits per heavy atom. The van der Waals surface area contributed by atoms with E-state index < -0.39 is 41.4 Å². The molecule has 30 heavy (non-hydrogen) atoms. The Kier molecular flexibility index (Phi) is 6.43. The Morgan fingerprint density at radius 3 is 2.13 bits per heavy atom. The highest BCUT2D eigenvalue weighted by molar-refractivity contribution is 7.92. The minimum Gasteiger partial charge on any atom is -0.329 e. The number of nitrogens with two attached hydrogens (primary N) is 2. The third-order valence-corrected chi connectivity index (χ3v) is 6.41. The van der Waals surface area contributed by atoms with Crippen molar-refractivity contribution in [2.24, 2.45) is 10.3 Å². The van der Waals surface area contributed by atoms with Gasteiger partial charge in [-0.25, -0.2) is 31.9 Å². The van der Waals surface area contributed by atoms with Crippen LogP contribution < -0.4 is 20.9 Å². The highest BCUT2D eigenvalue weighted by Crippen LogP contribution is 2.28. The zero-order valence-corrected chi connectivity index (χ0v) is 18.4. The first-order valence-electron chi connectivity index (χ1n) is 8.67. The number of sulfonamides is 2. The number of anilines is 1. The van der Waals surface area contributed by atoms with Gasteiger partial charge in [0.15, 0.2) is 0 Å². The van der Waals surface area contributed by atoms with Crippen molar-refractivity contribution in [2.75, 3.05) is 5.32 Å². The molecule has 0 radical (unpaired) electrons. The lowest BCUT2D eigenvalue weighted by molar-refractivity contribution is 0.242. The molecule has 0 spiro atoms. The van der Waals surface area contributed by atoms with E-state index in [1.165, 1.54) is 12.1 Å². The summed E-state index contributed by atoms with van der Waals surface area (Å²) in [6, 6.07) is 10.1. The number of allylic oxidation sites excluding steroid dienone is 1. The van der Waals surface area contributed by atoms with Crippen LogP contribution >= 0.6 is 0 Å². The van der Waals surface area contributed by atoms with Crippen LogP contribution in [0.15, 0.2) is 58.8 Å². The Morgan fingerprint density at radius 2 is 1.60 bits per heavy atom. The normalized spacial score (nSPS) is 12.3. The fourth-order valence-electron chi connectivity index (χ4n) is 2.81. The van der Waals surface area contributed by atoms with E-state index in [0.29, 0.717) is 0 Å². The zero-order chi connectivity index (χ0) is 22.9. The van der Waals surface area contributed by atoms with Crippen LogP contribution in [-0.2, 0) is 25.6 Å². The van der Waals surface area contributed by atoms with E-state index in [4.69, 9.17) is 10.3 Å². The molecule has 162 valence electrons. The molecule has 0 saturated carbocycles. The summed E-state index contributed by atoms with van der Waals surface area (Å²) in [4.78, 5) is 11.1. The molecule has 9 nitrogen and oxygen atoms in total. The molecule has 0 saturated heterocycles. The van der Waals surface area contributed by atoms with Gasteiger partial charge in [0, 0.05) is 0 Å². The van der Waals surface area contributed by atoms with Gasteiger partial charge in [0.25, 0.3) is 0 Å². The van der Waals surface area contributed by atoms with Crippen LogP contribution in [0.25, 0.3) is 5.57 Å². The number of nitrogens with one attached hydrogen (secondary N) is 2. The van der Waals surface area contributed by atoms with E-state index >= 15 is 0 Å². The lowest BCUT2D eigenvalue weighted by Gasteiger charge is -2.28. The average molecular weight is 453 g/mol. The topological polar surface area (TPSA) is 161 Å². The van der Waals surface area contributed by atoms with Crippen molar-refractivity contribution >= 4 is 37.3 Å². The maximum Gasteiger partial charge on any atom is 0.319 e. The number of amides is 2. The second-order valence-electron chi connectivity index (χ2n) is 7.29. The third kappa shape index (κ3) is 5.45. The second-order valence-corrected chi connectivity index (χ2v) is 10.3. The van der Waals surface area contributed by atoms with Gasteiger partial charge in [0.2, 0.25) is 20.0 Å². The molecule has 0 aliphatic heterocycles. The largest absolute Gasteiger partial charge is 0.329 e. The first-order valence-corrected chi connectivity index (χ1v) is 11.8. The fraction of sp³-hybridized carbons (Fsp3) is 0.211. The summed E-state index contributed by atoms with van der Waals surface area (Å²) in [5, 5.41) is 15.3. The molecular formula is C19H24N4O5S2. The second kappa shape index (κ2) is 8.19. The molecule has 2 amide bonds. The van der Waals surface area contributed by atoms with Gasteiger partial charge in [-0.1, -0.05) is 36.4 Å². The van der Waals surface area contributed by atoms with Crippen LogP contribution in [0.1, 0.15) is 31.9 Å². The SMILES string of the molecule is C=C(C)c1cccc(C(C)(C)NC(=O)Nc2cccc(S(N)(=O)=O)c2S(N)(=O)=O)c1. The fourth-order valence-corrected chi connectivity index (χ4v) is 4.92. The molecule has 0 unspecified atom stereocenters. The van der Waals surface area contributed by atoms with E-state index in [1.807, 2.05) is 31.2 Å². The van der Waals surface area contributed by atoms with Crippen LogP contribution in [0.3, 0.4) is 0 Å². The van der Waals surface area contributed by atoms with E-state index in [1.54, 1.807) is 13.8 Å². The summed E-state index contributed by atoms with van der Waals surface area (Å²) in [7, 11) is -8.92. The van der Waals surface area contributed by atoms with Crippen molar-refractivity contribution in [3.05, 3.63) is 60.2 Å². The third-order valence-electron chi connectivity index (χ3n) is 4.32. The number of carbonyl (C=O) groups excluding carboxylic acids is 1. The Hall–Kier alpha value is -2.73. The summed E-state index contributed by atoms with van der Waals surface area (Å²) >= 11 is 0. The van der Waals surface area contributed by atoms with Crippen molar-refractivity contribution in [2.45, 2.75) is 36.1 Å². The average Bonchev–Trinajstić information content (AvgIpc) is 2.59. The molecule has 6 N–H and O–H groups in total. The van der Waals surface area contributed by atoms with Gasteiger partial charge in [0.1, 0.15) is 9.79 Å². The molecule has 0 atom stereocenters. The number of primary sulfonamides is 2. The summed E-state index contributed by atoms with van der Waals surface area (Å²) in [5.41, 5.74) is 1.38. The monoisotopic (exact) mass is 452 g/mol. The Bertz CT molecular complexity index is 1220. The van der Waals surface area contributed by atoms with Gasteiger partial charge in [-0.2, -0.15) is 0 Å². The molecular weight excluding hydrogens is 428 g/mol. The maximum absolute atomic E-state index is 12.6. The van der Waals surface area contributed by atoms with Crippen molar-refractivity contribution in [3.63, 3.8) is 0 Å². The lowest BCUT2D eigenvalue weighted by Crippen LogP contribution is -2.43. The van der Waals surface area contributed by atoms with Crippen LogP contribution in [0.2, 0.25) is 0 Å². The van der Waals surface area contributed by atoms with Gasteiger partial charge in [-0.15, -0.1) is 0 Å². The quantitative estimate of drug-likeness (QED) is 0.527. The Balaban J connectivity index is 2.39. The summed E-state index contributed by atoms with van der Waals surface area (Å²) in [6.07, 6.45) is 0. The van der Waals surface area contributed by atoms with Gasteiger partial charge < -0.3 is 10.6 Å². The molecule has 0 aromatic heterocycles. The molecule has 0 fully saturated rings. The summed E-state index contributed by atoms with van der Waals surface area (Å²) < 4.78 is 47.5. The standard InChI is InChI=1S/C19H24N4O5S2/c1-12(2)13-7-5-8-14(11-13)19(3,4)23-18(24)22-15-9-6-10-16(29(20,25)26)17(15)30(21,27)28/h5-11H,1H2,2-4H3,(H2,20,25,26)(H2,21,27,28)(H2,22,23,24).